The van der Waals surface area contributed by atoms with E-state index in [1.165, 1.54) is 6.92 Å². The maximum atomic E-state index is 11.1. The third kappa shape index (κ3) is 2.66. The smallest absolute Gasteiger partial charge is 0.222 e. The summed E-state index contributed by atoms with van der Waals surface area (Å²) in [6.45, 7) is 5.24. The third-order valence-electron chi connectivity index (χ3n) is 2.31. The lowest BCUT2D eigenvalue weighted by Gasteiger charge is -2.17. The van der Waals surface area contributed by atoms with Crippen molar-refractivity contribution in [3.8, 4) is 0 Å². The number of nitrogens with zero attached hydrogens (tertiary/aromatic N) is 2. The highest BCUT2D eigenvalue weighted by molar-refractivity contribution is 5.88. The summed E-state index contributed by atoms with van der Waals surface area (Å²) in [6.07, 6.45) is 0. The van der Waals surface area contributed by atoms with Crippen LogP contribution in [-0.2, 0) is 4.79 Å². The van der Waals surface area contributed by atoms with Gasteiger partial charge in [0.15, 0.2) is 0 Å². The molecule has 0 saturated carbocycles. The number of aryl methyl sites for hydroxylation is 1. The topological polar surface area (TPSA) is 92.9 Å². The van der Waals surface area contributed by atoms with Crippen LogP contribution >= 0.6 is 0 Å². The Morgan fingerprint density at radius 3 is 2.56 bits per heavy atom. The number of hydrogen-bond acceptors (Lipinski definition) is 5. The van der Waals surface area contributed by atoms with Gasteiger partial charge in [-0.05, 0) is 20.9 Å². The van der Waals surface area contributed by atoms with Gasteiger partial charge in [0.2, 0.25) is 11.9 Å². The Kier molecular flexibility index (Phi) is 3.78. The van der Waals surface area contributed by atoms with Gasteiger partial charge < -0.3 is 16.4 Å². The van der Waals surface area contributed by atoms with Crippen molar-refractivity contribution >= 4 is 17.7 Å². The van der Waals surface area contributed by atoms with Crippen molar-refractivity contribution in [1.29, 1.82) is 0 Å². The lowest BCUT2D eigenvalue weighted by atomic mass is 10.1. The number of amides is 1. The van der Waals surface area contributed by atoms with E-state index in [9.17, 15) is 4.79 Å². The molecule has 88 valence electrons. The summed E-state index contributed by atoms with van der Waals surface area (Å²) in [5.74, 6) is 0.453. The van der Waals surface area contributed by atoms with Crippen LogP contribution in [0.2, 0.25) is 0 Å². The van der Waals surface area contributed by atoms with Gasteiger partial charge in [-0.2, -0.15) is 4.98 Å². The van der Waals surface area contributed by atoms with E-state index in [4.69, 9.17) is 5.73 Å². The molecule has 1 rings (SSSR count). The molecule has 0 aliphatic rings. The quantitative estimate of drug-likeness (QED) is 0.698. The first-order chi connectivity index (χ1) is 7.45. The van der Waals surface area contributed by atoms with Crippen molar-refractivity contribution in [2.75, 3.05) is 18.1 Å². The zero-order chi connectivity index (χ0) is 12.3. The van der Waals surface area contributed by atoms with Gasteiger partial charge in [0, 0.05) is 24.2 Å². The van der Waals surface area contributed by atoms with E-state index < -0.39 is 0 Å². The minimum atomic E-state index is -0.179. The first-order valence-corrected chi connectivity index (χ1v) is 5.04. The van der Waals surface area contributed by atoms with Gasteiger partial charge in [0.1, 0.15) is 5.82 Å². The van der Waals surface area contributed by atoms with Crippen molar-refractivity contribution < 1.29 is 4.79 Å². The fourth-order valence-electron chi connectivity index (χ4n) is 1.53. The van der Waals surface area contributed by atoms with Crippen LogP contribution < -0.4 is 16.4 Å². The van der Waals surface area contributed by atoms with Gasteiger partial charge in [-0.25, -0.2) is 4.98 Å². The number of nitrogens with two attached hydrogens (primary N) is 1. The van der Waals surface area contributed by atoms with Crippen molar-refractivity contribution in [2.45, 2.75) is 26.8 Å². The van der Waals surface area contributed by atoms with Crippen molar-refractivity contribution in [3.63, 3.8) is 0 Å². The Balaban J connectivity index is 3.26. The molecule has 0 bridgehead atoms. The maximum absolute atomic E-state index is 11.1. The monoisotopic (exact) mass is 223 g/mol. The van der Waals surface area contributed by atoms with Gasteiger partial charge in [-0.1, -0.05) is 0 Å². The number of carbonyl (C=O) groups is 1. The molecule has 0 saturated heterocycles. The number of aromatic nitrogens is 2. The van der Waals surface area contributed by atoms with Crippen LogP contribution in [-0.4, -0.2) is 22.9 Å². The third-order valence-corrected chi connectivity index (χ3v) is 2.31. The van der Waals surface area contributed by atoms with Gasteiger partial charge in [0.05, 0.1) is 0 Å². The molecule has 1 atom stereocenters. The molecule has 1 aromatic rings. The molecule has 1 amide bonds. The van der Waals surface area contributed by atoms with Crippen LogP contribution in [0.15, 0.2) is 0 Å². The summed E-state index contributed by atoms with van der Waals surface area (Å²) in [6, 6.07) is 0.0439. The van der Waals surface area contributed by atoms with Gasteiger partial charge in [-0.3, -0.25) is 4.79 Å². The zero-order valence-corrected chi connectivity index (χ0v) is 9.96. The van der Waals surface area contributed by atoms with Gasteiger partial charge in [-0.15, -0.1) is 0 Å². The van der Waals surface area contributed by atoms with E-state index >= 15 is 0 Å². The Morgan fingerprint density at radius 2 is 2.06 bits per heavy atom. The summed E-state index contributed by atoms with van der Waals surface area (Å²) in [5.41, 5.74) is 7.17. The lowest BCUT2D eigenvalue weighted by molar-refractivity contribution is -0.114. The van der Waals surface area contributed by atoms with E-state index in [-0.39, 0.29) is 17.9 Å². The average molecular weight is 223 g/mol. The van der Waals surface area contributed by atoms with E-state index in [0.717, 1.165) is 11.3 Å². The second-order valence-electron chi connectivity index (χ2n) is 3.62. The summed E-state index contributed by atoms with van der Waals surface area (Å²) in [4.78, 5) is 19.2. The zero-order valence-electron chi connectivity index (χ0n) is 9.96. The fourth-order valence-corrected chi connectivity index (χ4v) is 1.53. The van der Waals surface area contributed by atoms with Gasteiger partial charge in [0.25, 0.3) is 0 Å². The molecule has 6 heteroatoms. The maximum Gasteiger partial charge on any atom is 0.222 e. The number of rotatable bonds is 3. The predicted molar refractivity (Wildman–Crippen MR) is 63.0 cm³/mol. The standard InChI is InChI=1S/C10H17N5O/c1-5(12-4)8-6(2)13-10(11)15-9(8)14-7(3)16/h5,12H,1-4H3,(H3,11,13,14,15,16). The van der Waals surface area contributed by atoms with Crippen LogP contribution in [0.25, 0.3) is 0 Å². The van der Waals surface area contributed by atoms with Crippen LogP contribution in [0.1, 0.15) is 31.1 Å². The fraction of sp³-hybridized carbons (Fsp3) is 0.500. The molecule has 0 aliphatic carbocycles. The molecule has 1 unspecified atom stereocenters. The number of nitrogens with one attached hydrogen (secondary N) is 2. The van der Waals surface area contributed by atoms with Crippen molar-refractivity contribution in [1.82, 2.24) is 15.3 Å². The molecule has 0 radical (unpaired) electrons. The predicted octanol–water partition coefficient (Wildman–Crippen LogP) is 0.606. The number of anilines is 2. The summed E-state index contributed by atoms with van der Waals surface area (Å²) < 4.78 is 0. The molecule has 16 heavy (non-hydrogen) atoms. The Bertz CT molecular complexity index is 404. The van der Waals surface area contributed by atoms with E-state index in [2.05, 4.69) is 20.6 Å². The Hall–Kier alpha value is -1.69. The van der Waals surface area contributed by atoms with Crippen LogP contribution in [0.3, 0.4) is 0 Å². The largest absolute Gasteiger partial charge is 0.368 e. The molecule has 0 fully saturated rings. The SMILES string of the molecule is CNC(C)c1c(C)nc(N)nc1NC(C)=O. The average Bonchev–Trinajstić information content (AvgIpc) is 2.14. The minimum absolute atomic E-state index is 0.0439. The van der Waals surface area contributed by atoms with Gasteiger partial charge >= 0.3 is 0 Å². The molecule has 1 aromatic heterocycles. The highest BCUT2D eigenvalue weighted by Gasteiger charge is 2.16. The molecule has 0 spiro atoms. The second kappa shape index (κ2) is 4.89. The van der Waals surface area contributed by atoms with Crippen molar-refractivity contribution in [2.24, 2.45) is 0 Å². The summed E-state index contributed by atoms with van der Waals surface area (Å²) in [7, 11) is 1.83. The molecule has 0 aliphatic heterocycles. The lowest BCUT2D eigenvalue weighted by Crippen LogP contribution is -2.20. The highest BCUT2D eigenvalue weighted by atomic mass is 16.1. The second-order valence-corrected chi connectivity index (χ2v) is 3.62. The molecule has 4 N–H and O–H groups in total. The van der Waals surface area contributed by atoms with Crippen LogP contribution in [0.5, 0.6) is 0 Å². The molecule has 6 nitrogen and oxygen atoms in total. The molecular weight excluding hydrogens is 206 g/mol. The number of carbonyl (C=O) groups excluding carboxylic acids is 1. The van der Waals surface area contributed by atoms with Crippen LogP contribution in [0, 0.1) is 6.92 Å². The number of nitrogen functional groups attached to an aromatic ring is 1. The Morgan fingerprint density at radius 1 is 1.44 bits per heavy atom. The molecule has 1 heterocycles. The van der Waals surface area contributed by atoms with Crippen molar-refractivity contribution in [3.05, 3.63) is 11.3 Å². The normalized spacial score (nSPS) is 12.2. The molecular formula is C10H17N5O. The Labute approximate surface area is 94.7 Å². The van der Waals surface area contributed by atoms with E-state index in [1.54, 1.807) is 0 Å². The first-order valence-electron chi connectivity index (χ1n) is 5.04. The molecule has 0 aromatic carbocycles. The first kappa shape index (κ1) is 12.4. The van der Waals surface area contributed by atoms with Crippen LogP contribution in [0.4, 0.5) is 11.8 Å². The van der Waals surface area contributed by atoms with E-state index in [1.807, 2.05) is 20.9 Å². The van der Waals surface area contributed by atoms with E-state index in [0.29, 0.717) is 5.82 Å². The number of hydrogen-bond donors (Lipinski definition) is 3. The highest BCUT2D eigenvalue weighted by Crippen LogP contribution is 2.24. The summed E-state index contributed by atoms with van der Waals surface area (Å²) in [5, 5.41) is 5.74. The summed E-state index contributed by atoms with van der Waals surface area (Å²) >= 11 is 0. The minimum Gasteiger partial charge on any atom is -0.368 e.